The minimum absolute atomic E-state index is 0.531. The van der Waals surface area contributed by atoms with Crippen molar-refractivity contribution in [3.05, 3.63) is 212 Å². The molecule has 3 aromatic heterocycles. The second-order valence-electron chi connectivity index (χ2n) is 15.5. The van der Waals surface area contributed by atoms with Crippen LogP contribution in [-0.2, 0) is 0 Å². The number of hydrogen-bond donors (Lipinski definition) is 0. The van der Waals surface area contributed by atoms with E-state index in [0.29, 0.717) is 17.5 Å². The first kappa shape index (κ1) is 35.5. The Morgan fingerprint density at radius 3 is 1.37 bits per heavy atom. The third-order valence-electron chi connectivity index (χ3n) is 11.7. The summed E-state index contributed by atoms with van der Waals surface area (Å²) < 4.78 is 13.8. The van der Waals surface area contributed by atoms with E-state index in [1.807, 2.05) is 36.4 Å². The Bertz CT molecular complexity index is 3500. The van der Waals surface area contributed by atoms with Crippen molar-refractivity contribution in [1.82, 2.24) is 15.0 Å². The highest BCUT2D eigenvalue weighted by Gasteiger charge is 2.24. The second kappa shape index (κ2) is 14.7. The predicted molar refractivity (Wildman–Crippen MR) is 252 cm³/mol. The Kier molecular flexibility index (Phi) is 8.42. The molecule has 62 heavy (non-hydrogen) atoms. The molecule has 12 rings (SSSR count). The van der Waals surface area contributed by atoms with E-state index >= 15 is 0 Å². The molecule has 0 saturated carbocycles. The minimum Gasteiger partial charge on any atom is -0.455 e. The van der Waals surface area contributed by atoms with Crippen molar-refractivity contribution in [1.29, 1.82) is 0 Å². The highest BCUT2D eigenvalue weighted by molar-refractivity contribution is 6.05. The van der Waals surface area contributed by atoms with Gasteiger partial charge in [-0.15, -0.1) is 0 Å². The molecule has 0 radical (unpaired) electrons. The average molecular weight is 794 g/mol. The summed E-state index contributed by atoms with van der Waals surface area (Å²) in [4.78, 5) is 15.9. The standard InChI is InChI=1S/C57H35N3O2/c1-3-18-38(19-4-1)51-47-25-11-13-28-49(47)61-53(51)42-33-43(54-52(39-20-5-2-6-21-39)48-26-12-14-29-50(48)62-54)35-44(34-42)56-58-55(41-31-30-36-16-7-8-22-40(36)32-41)59-57(60-56)46-27-15-23-37-17-9-10-24-45(37)46/h1-35H. The molecule has 0 aliphatic heterocycles. The van der Waals surface area contributed by atoms with Crippen LogP contribution in [0, 0.1) is 0 Å². The van der Waals surface area contributed by atoms with Gasteiger partial charge in [0.2, 0.25) is 0 Å². The van der Waals surface area contributed by atoms with Gasteiger partial charge in [0.15, 0.2) is 17.5 Å². The summed E-state index contributed by atoms with van der Waals surface area (Å²) in [6.45, 7) is 0. The van der Waals surface area contributed by atoms with Crippen LogP contribution < -0.4 is 0 Å². The van der Waals surface area contributed by atoms with Crippen LogP contribution in [0.25, 0.3) is 123 Å². The largest absolute Gasteiger partial charge is 0.455 e. The maximum absolute atomic E-state index is 6.89. The first-order chi connectivity index (χ1) is 30.7. The number of aromatic nitrogens is 3. The number of hydrogen-bond acceptors (Lipinski definition) is 5. The maximum Gasteiger partial charge on any atom is 0.164 e. The van der Waals surface area contributed by atoms with Gasteiger partial charge in [-0.1, -0.05) is 176 Å². The summed E-state index contributed by atoms with van der Waals surface area (Å²) in [5, 5.41) is 6.50. The molecule has 5 nitrogen and oxygen atoms in total. The Hall–Kier alpha value is -8.41. The Morgan fingerprint density at radius 1 is 0.274 bits per heavy atom. The topological polar surface area (TPSA) is 65.0 Å². The van der Waals surface area contributed by atoms with E-state index in [9.17, 15) is 0 Å². The van der Waals surface area contributed by atoms with E-state index in [1.165, 1.54) is 0 Å². The molecule has 0 aliphatic rings. The van der Waals surface area contributed by atoms with Crippen LogP contribution in [0.1, 0.15) is 0 Å². The van der Waals surface area contributed by atoms with E-state index in [0.717, 1.165) is 105 Å². The van der Waals surface area contributed by atoms with Crippen LogP contribution in [0.2, 0.25) is 0 Å². The van der Waals surface area contributed by atoms with Crippen LogP contribution in [0.15, 0.2) is 221 Å². The summed E-state index contributed by atoms with van der Waals surface area (Å²) in [7, 11) is 0. The first-order valence-electron chi connectivity index (χ1n) is 20.8. The van der Waals surface area contributed by atoms with E-state index in [1.54, 1.807) is 0 Å². The Morgan fingerprint density at radius 2 is 0.742 bits per heavy atom. The molecule has 290 valence electrons. The van der Waals surface area contributed by atoms with Crippen molar-refractivity contribution in [2.75, 3.05) is 0 Å². The van der Waals surface area contributed by atoms with E-state index in [-0.39, 0.29) is 0 Å². The SMILES string of the molecule is c1ccc(-c2c(-c3cc(-c4nc(-c5ccc6ccccc6c5)nc(-c5cccc6ccccc56)n4)cc(-c4oc5ccccc5c4-c4ccccc4)c3)oc3ccccc23)cc1. The highest BCUT2D eigenvalue weighted by atomic mass is 16.3. The van der Waals surface area contributed by atoms with Crippen LogP contribution in [0.4, 0.5) is 0 Å². The summed E-state index contributed by atoms with van der Waals surface area (Å²) in [6, 6.07) is 73.2. The van der Waals surface area contributed by atoms with E-state index in [4.69, 9.17) is 23.8 Å². The Labute approximate surface area is 357 Å². The number of benzene rings is 9. The third-order valence-corrected chi connectivity index (χ3v) is 11.7. The van der Waals surface area contributed by atoms with Crippen molar-refractivity contribution in [3.8, 4) is 79.1 Å². The number of fused-ring (bicyclic) bond motifs is 4. The van der Waals surface area contributed by atoms with Gasteiger partial charge in [-0.2, -0.15) is 0 Å². The molecule has 0 amide bonds. The molecule has 0 aliphatic carbocycles. The van der Waals surface area contributed by atoms with Crippen molar-refractivity contribution >= 4 is 43.5 Å². The lowest BCUT2D eigenvalue weighted by Gasteiger charge is -2.13. The van der Waals surface area contributed by atoms with Crippen molar-refractivity contribution in [2.45, 2.75) is 0 Å². The van der Waals surface area contributed by atoms with Crippen LogP contribution in [-0.4, -0.2) is 15.0 Å². The third kappa shape index (κ3) is 6.14. The summed E-state index contributed by atoms with van der Waals surface area (Å²) in [5.74, 6) is 3.19. The van der Waals surface area contributed by atoms with Gasteiger partial charge >= 0.3 is 0 Å². The molecule has 0 saturated heterocycles. The molecule has 9 aromatic carbocycles. The molecule has 0 fully saturated rings. The van der Waals surface area contributed by atoms with Crippen LogP contribution in [0.3, 0.4) is 0 Å². The molecule has 0 atom stereocenters. The maximum atomic E-state index is 6.89. The normalized spacial score (nSPS) is 11.5. The molecule has 0 unspecified atom stereocenters. The highest BCUT2D eigenvalue weighted by Crippen LogP contribution is 2.46. The van der Waals surface area contributed by atoms with Crippen molar-refractivity contribution < 1.29 is 8.83 Å². The molecule has 0 spiro atoms. The van der Waals surface area contributed by atoms with Gasteiger partial charge < -0.3 is 8.83 Å². The van der Waals surface area contributed by atoms with E-state index in [2.05, 4.69) is 176 Å². The van der Waals surface area contributed by atoms with Gasteiger partial charge in [-0.05, 0) is 69.1 Å². The lowest BCUT2D eigenvalue weighted by molar-refractivity contribution is 0.630. The van der Waals surface area contributed by atoms with Gasteiger partial charge in [0.1, 0.15) is 22.7 Å². The zero-order valence-electron chi connectivity index (χ0n) is 33.4. The number of para-hydroxylation sites is 2. The lowest BCUT2D eigenvalue weighted by atomic mass is 9.93. The summed E-state index contributed by atoms with van der Waals surface area (Å²) in [5.41, 5.74) is 10.1. The fourth-order valence-corrected chi connectivity index (χ4v) is 8.80. The zero-order chi connectivity index (χ0) is 41.0. The summed E-state index contributed by atoms with van der Waals surface area (Å²) in [6.07, 6.45) is 0. The van der Waals surface area contributed by atoms with Gasteiger partial charge in [0.25, 0.3) is 0 Å². The number of nitrogens with zero attached hydrogens (tertiary/aromatic N) is 3. The number of rotatable bonds is 7. The van der Waals surface area contributed by atoms with Gasteiger partial charge in [0, 0.05) is 49.7 Å². The lowest BCUT2D eigenvalue weighted by Crippen LogP contribution is -2.01. The second-order valence-corrected chi connectivity index (χ2v) is 15.5. The van der Waals surface area contributed by atoms with Crippen molar-refractivity contribution in [2.24, 2.45) is 0 Å². The molecule has 12 aromatic rings. The molecule has 0 N–H and O–H groups in total. The molecule has 3 heterocycles. The molecule has 0 bridgehead atoms. The predicted octanol–water partition coefficient (Wildman–Crippen LogP) is 15.3. The average Bonchev–Trinajstić information content (AvgIpc) is 3.94. The fourth-order valence-electron chi connectivity index (χ4n) is 8.80. The van der Waals surface area contributed by atoms with Gasteiger partial charge in [-0.3, -0.25) is 0 Å². The van der Waals surface area contributed by atoms with Gasteiger partial charge in [-0.25, -0.2) is 15.0 Å². The van der Waals surface area contributed by atoms with Gasteiger partial charge in [0.05, 0.1) is 0 Å². The molecule has 5 heteroatoms. The quantitative estimate of drug-likeness (QED) is 0.161. The number of furan rings is 2. The van der Waals surface area contributed by atoms with E-state index < -0.39 is 0 Å². The van der Waals surface area contributed by atoms with Crippen molar-refractivity contribution in [3.63, 3.8) is 0 Å². The fraction of sp³-hybridized carbons (Fsp3) is 0. The summed E-state index contributed by atoms with van der Waals surface area (Å²) >= 11 is 0. The molecular weight excluding hydrogens is 759 g/mol. The monoisotopic (exact) mass is 793 g/mol. The van der Waals surface area contributed by atoms with Crippen LogP contribution >= 0.6 is 0 Å². The minimum atomic E-state index is 0.531. The smallest absolute Gasteiger partial charge is 0.164 e. The zero-order valence-corrected chi connectivity index (χ0v) is 33.4. The Balaban J connectivity index is 1.16. The molecular formula is C57H35N3O2. The first-order valence-corrected chi connectivity index (χ1v) is 20.8. The van der Waals surface area contributed by atoms with Crippen LogP contribution in [0.5, 0.6) is 0 Å².